The summed E-state index contributed by atoms with van der Waals surface area (Å²) < 4.78 is 0. The van der Waals surface area contributed by atoms with Crippen LogP contribution in [-0.2, 0) is 0 Å². The number of nitrogens with one attached hydrogen (secondary N) is 2. The highest BCUT2D eigenvalue weighted by atomic mass is 16.3. The standard InChI is InChI=1S/C16H18N6O/c1-10-12(7-18-22-10)14-19-13-8-17-6-3-11(13)15(20-14)21-16(9-23)4-2-5-16/h3,6-8,23H,2,4-5,9H2,1H3,(H,18,22)(H,19,20,21). The molecule has 1 saturated carbocycles. The number of rotatable bonds is 4. The van der Waals surface area contributed by atoms with Crippen molar-refractivity contribution in [1.29, 1.82) is 0 Å². The van der Waals surface area contributed by atoms with E-state index in [0.717, 1.165) is 47.2 Å². The normalized spacial score (nSPS) is 16.3. The molecule has 0 unspecified atom stereocenters. The van der Waals surface area contributed by atoms with Gasteiger partial charge in [-0.25, -0.2) is 9.97 Å². The summed E-state index contributed by atoms with van der Waals surface area (Å²) in [5, 5.41) is 21.0. The van der Waals surface area contributed by atoms with E-state index in [0.29, 0.717) is 5.82 Å². The first-order valence-corrected chi connectivity index (χ1v) is 7.72. The fourth-order valence-corrected chi connectivity index (χ4v) is 2.95. The Morgan fingerprint density at radius 1 is 1.30 bits per heavy atom. The Labute approximate surface area is 133 Å². The van der Waals surface area contributed by atoms with Gasteiger partial charge in [0.2, 0.25) is 0 Å². The predicted molar refractivity (Wildman–Crippen MR) is 86.9 cm³/mol. The maximum absolute atomic E-state index is 9.73. The van der Waals surface area contributed by atoms with E-state index < -0.39 is 0 Å². The van der Waals surface area contributed by atoms with Gasteiger partial charge < -0.3 is 10.4 Å². The third-order valence-corrected chi connectivity index (χ3v) is 4.57. The molecule has 0 saturated heterocycles. The Morgan fingerprint density at radius 2 is 2.17 bits per heavy atom. The molecule has 118 valence electrons. The number of nitrogens with zero attached hydrogens (tertiary/aromatic N) is 4. The van der Waals surface area contributed by atoms with Crippen molar-refractivity contribution in [2.75, 3.05) is 11.9 Å². The topological polar surface area (TPSA) is 99.6 Å². The van der Waals surface area contributed by atoms with Crippen LogP contribution >= 0.6 is 0 Å². The van der Waals surface area contributed by atoms with E-state index in [-0.39, 0.29) is 12.1 Å². The van der Waals surface area contributed by atoms with Crippen LogP contribution in [0.15, 0.2) is 24.7 Å². The second-order valence-corrected chi connectivity index (χ2v) is 6.11. The third kappa shape index (κ3) is 2.33. The van der Waals surface area contributed by atoms with E-state index in [1.165, 1.54) is 0 Å². The van der Waals surface area contributed by atoms with Crippen molar-refractivity contribution in [2.24, 2.45) is 0 Å². The lowest BCUT2D eigenvalue weighted by Gasteiger charge is -2.41. The molecule has 0 aliphatic heterocycles. The SMILES string of the molecule is Cc1[nH]ncc1-c1nc(NC2(CO)CCC2)c2ccncc2n1. The second-order valence-electron chi connectivity index (χ2n) is 6.11. The van der Waals surface area contributed by atoms with Crippen LogP contribution in [0.3, 0.4) is 0 Å². The van der Waals surface area contributed by atoms with Gasteiger partial charge in [0.1, 0.15) is 5.82 Å². The number of hydrogen-bond donors (Lipinski definition) is 3. The number of aliphatic hydroxyl groups is 1. The first-order valence-electron chi connectivity index (χ1n) is 7.72. The highest BCUT2D eigenvalue weighted by Gasteiger charge is 2.37. The number of pyridine rings is 1. The summed E-state index contributed by atoms with van der Waals surface area (Å²) >= 11 is 0. The van der Waals surface area contributed by atoms with Crippen LogP contribution in [0.4, 0.5) is 5.82 Å². The number of aromatic nitrogens is 5. The Bertz CT molecular complexity index is 849. The number of aliphatic hydroxyl groups excluding tert-OH is 1. The van der Waals surface area contributed by atoms with Crippen LogP contribution in [0.5, 0.6) is 0 Å². The van der Waals surface area contributed by atoms with E-state index in [4.69, 9.17) is 4.98 Å². The molecule has 0 amide bonds. The number of hydrogen-bond acceptors (Lipinski definition) is 6. The molecule has 0 bridgehead atoms. The summed E-state index contributed by atoms with van der Waals surface area (Å²) in [5.74, 6) is 1.34. The molecule has 0 aromatic carbocycles. The van der Waals surface area contributed by atoms with Crippen LogP contribution in [0.2, 0.25) is 0 Å². The number of aromatic amines is 1. The second kappa shape index (κ2) is 5.27. The minimum atomic E-state index is -0.271. The monoisotopic (exact) mass is 310 g/mol. The van der Waals surface area contributed by atoms with Crippen LogP contribution in [0, 0.1) is 6.92 Å². The first-order chi connectivity index (χ1) is 11.2. The molecule has 4 rings (SSSR count). The van der Waals surface area contributed by atoms with E-state index in [1.807, 2.05) is 13.0 Å². The largest absolute Gasteiger partial charge is 0.394 e. The smallest absolute Gasteiger partial charge is 0.165 e. The fourth-order valence-electron chi connectivity index (χ4n) is 2.95. The lowest BCUT2D eigenvalue weighted by atomic mass is 9.77. The maximum Gasteiger partial charge on any atom is 0.165 e. The predicted octanol–water partition coefficient (Wildman–Crippen LogP) is 2.05. The average molecular weight is 310 g/mol. The summed E-state index contributed by atoms with van der Waals surface area (Å²) in [6, 6.07) is 1.90. The quantitative estimate of drug-likeness (QED) is 0.682. The maximum atomic E-state index is 9.73. The van der Waals surface area contributed by atoms with Gasteiger partial charge in [-0.2, -0.15) is 5.10 Å². The number of H-pyrrole nitrogens is 1. The molecule has 0 radical (unpaired) electrons. The molecule has 1 fully saturated rings. The van der Waals surface area contributed by atoms with Gasteiger partial charge >= 0.3 is 0 Å². The van der Waals surface area contributed by atoms with E-state index in [9.17, 15) is 5.11 Å². The van der Waals surface area contributed by atoms with Crippen molar-refractivity contribution < 1.29 is 5.11 Å². The molecular formula is C16H18N6O. The lowest BCUT2D eigenvalue weighted by Crippen LogP contribution is -2.48. The molecule has 0 atom stereocenters. The molecule has 23 heavy (non-hydrogen) atoms. The van der Waals surface area contributed by atoms with Crippen molar-refractivity contribution in [3.8, 4) is 11.4 Å². The summed E-state index contributed by atoms with van der Waals surface area (Å²) in [6.07, 6.45) is 8.19. The Hall–Kier alpha value is -2.54. The summed E-state index contributed by atoms with van der Waals surface area (Å²) in [7, 11) is 0. The van der Waals surface area contributed by atoms with Crippen molar-refractivity contribution in [2.45, 2.75) is 31.7 Å². The minimum absolute atomic E-state index is 0.101. The van der Waals surface area contributed by atoms with E-state index in [1.54, 1.807) is 18.6 Å². The van der Waals surface area contributed by atoms with Gasteiger partial charge in [0.25, 0.3) is 0 Å². The molecule has 3 heterocycles. The molecular weight excluding hydrogens is 292 g/mol. The zero-order valence-corrected chi connectivity index (χ0v) is 12.9. The third-order valence-electron chi connectivity index (χ3n) is 4.57. The fraction of sp³-hybridized carbons (Fsp3) is 0.375. The average Bonchev–Trinajstić information content (AvgIpc) is 2.96. The molecule has 0 spiro atoms. The number of anilines is 1. The Morgan fingerprint density at radius 3 is 2.83 bits per heavy atom. The number of fused-ring (bicyclic) bond motifs is 1. The highest BCUT2D eigenvalue weighted by Crippen LogP contribution is 2.36. The molecule has 1 aliphatic rings. The summed E-state index contributed by atoms with van der Waals surface area (Å²) in [6.45, 7) is 2.04. The van der Waals surface area contributed by atoms with Gasteiger partial charge in [0, 0.05) is 17.3 Å². The van der Waals surface area contributed by atoms with Crippen LogP contribution in [-0.4, -0.2) is 42.4 Å². The van der Waals surface area contributed by atoms with Gasteiger partial charge in [-0.1, -0.05) is 0 Å². The van der Waals surface area contributed by atoms with Crippen molar-refractivity contribution in [3.05, 3.63) is 30.4 Å². The lowest BCUT2D eigenvalue weighted by molar-refractivity contribution is 0.144. The molecule has 1 aliphatic carbocycles. The van der Waals surface area contributed by atoms with E-state index >= 15 is 0 Å². The van der Waals surface area contributed by atoms with Crippen molar-refractivity contribution in [1.82, 2.24) is 25.1 Å². The molecule has 7 heteroatoms. The van der Waals surface area contributed by atoms with Crippen molar-refractivity contribution >= 4 is 16.7 Å². The van der Waals surface area contributed by atoms with Gasteiger partial charge in [0.15, 0.2) is 5.82 Å². The summed E-state index contributed by atoms with van der Waals surface area (Å²) in [4.78, 5) is 13.5. The Kier molecular flexibility index (Phi) is 3.23. The van der Waals surface area contributed by atoms with Crippen LogP contribution < -0.4 is 5.32 Å². The highest BCUT2D eigenvalue weighted by molar-refractivity contribution is 5.90. The zero-order valence-electron chi connectivity index (χ0n) is 12.9. The molecule has 3 aromatic rings. The Balaban J connectivity index is 1.86. The van der Waals surface area contributed by atoms with Gasteiger partial charge in [0.05, 0.1) is 35.6 Å². The van der Waals surface area contributed by atoms with Crippen LogP contribution in [0.1, 0.15) is 25.0 Å². The molecule has 3 N–H and O–H groups in total. The number of aryl methyl sites for hydroxylation is 1. The minimum Gasteiger partial charge on any atom is -0.394 e. The van der Waals surface area contributed by atoms with Gasteiger partial charge in [-0.15, -0.1) is 0 Å². The zero-order chi connectivity index (χ0) is 15.9. The first kappa shape index (κ1) is 14.1. The molecule has 3 aromatic heterocycles. The molecule has 7 nitrogen and oxygen atoms in total. The van der Waals surface area contributed by atoms with Crippen LogP contribution in [0.25, 0.3) is 22.3 Å². The van der Waals surface area contributed by atoms with Crippen molar-refractivity contribution in [3.63, 3.8) is 0 Å². The van der Waals surface area contributed by atoms with E-state index in [2.05, 4.69) is 25.5 Å². The van der Waals surface area contributed by atoms with Gasteiger partial charge in [-0.3, -0.25) is 10.1 Å². The van der Waals surface area contributed by atoms with Gasteiger partial charge in [-0.05, 0) is 32.3 Å². The summed E-state index contributed by atoms with van der Waals surface area (Å²) in [5.41, 5.74) is 2.28.